The Balaban J connectivity index is 2.81. The third kappa shape index (κ3) is 1.68. The van der Waals surface area contributed by atoms with Crippen LogP contribution in [-0.4, -0.2) is 15.6 Å². The van der Waals surface area contributed by atoms with E-state index < -0.39 is 11.0 Å². The molecule has 1 heterocycles. The maximum atomic E-state index is 11.6. The number of hydrogen-bond acceptors (Lipinski definition) is 2. The van der Waals surface area contributed by atoms with Crippen molar-refractivity contribution in [2.75, 3.05) is 0 Å². The molecular weight excluding hydrogens is 293 g/mol. The van der Waals surface area contributed by atoms with Crippen molar-refractivity contribution in [3.63, 3.8) is 0 Å². The molecular formula is C11H7BrClNO2. The molecule has 0 aliphatic rings. The minimum Gasteiger partial charge on any atom is -0.350 e. The molecule has 3 nitrogen and oxygen atoms in total. The fraction of sp³-hybridized carbons (Fsp3) is 0.0909. The number of halogens is 2. The van der Waals surface area contributed by atoms with Gasteiger partial charge in [0, 0.05) is 28.6 Å². The van der Waals surface area contributed by atoms with Gasteiger partial charge in [0.25, 0.3) is 5.24 Å². The van der Waals surface area contributed by atoms with Crippen molar-refractivity contribution < 1.29 is 9.59 Å². The van der Waals surface area contributed by atoms with Gasteiger partial charge in [-0.2, -0.15) is 0 Å². The summed E-state index contributed by atoms with van der Waals surface area (Å²) >= 11 is 8.57. The predicted octanol–water partition coefficient (Wildman–Crippen LogP) is 2.89. The van der Waals surface area contributed by atoms with Gasteiger partial charge < -0.3 is 4.57 Å². The van der Waals surface area contributed by atoms with Crippen LogP contribution < -0.4 is 0 Å². The Hall–Kier alpha value is -1.13. The van der Waals surface area contributed by atoms with E-state index in [1.807, 2.05) is 25.2 Å². The molecule has 2 rings (SSSR count). The molecule has 0 spiro atoms. The van der Waals surface area contributed by atoms with Crippen molar-refractivity contribution in [2.45, 2.75) is 0 Å². The maximum absolute atomic E-state index is 11.6. The Morgan fingerprint density at radius 2 is 2.06 bits per heavy atom. The number of aromatic nitrogens is 1. The van der Waals surface area contributed by atoms with E-state index in [1.54, 1.807) is 10.8 Å². The normalized spacial score (nSPS) is 10.7. The lowest BCUT2D eigenvalue weighted by Gasteiger charge is -1.97. The number of Topliss-reactive ketones (excluding diaryl/α,β-unsaturated/α-hetero) is 1. The number of aryl methyl sites for hydroxylation is 1. The molecule has 0 atom stereocenters. The Morgan fingerprint density at radius 3 is 2.69 bits per heavy atom. The van der Waals surface area contributed by atoms with Gasteiger partial charge in [0.1, 0.15) is 0 Å². The average Bonchev–Trinajstić information content (AvgIpc) is 2.57. The molecule has 2 aromatic rings. The summed E-state index contributed by atoms with van der Waals surface area (Å²) in [5.41, 5.74) is 1.20. The summed E-state index contributed by atoms with van der Waals surface area (Å²) in [6.45, 7) is 0. The summed E-state index contributed by atoms with van der Waals surface area (Å²) in [5, 5.41) is -0.257. The van der Waals surface area contributed by atoms with Gasteiger partial charge in [0.15, 0.2) is 0 Å². The van der Waals surface area contributed by atoms with Gasteiger partial charge in [-0.3, -0.25) is 9.59 Å². The molecule has 0 saturated carbocycles. The molecule has 0 radical (unpaired) electrons. The summed E-state index contributed by atoms with van der Waals surface area (Å²) in [6.07, 6.45) is 1.61. The predicted molar refractivity (Wildman–Crippen MR) is 65.8 cm³/mol. The van der Waals surface area contributed by atoms with Gasteiger partial charge in [-0.25, -0.2) is 0 Å². The Morgan fingerprint density at radius 1 is 1.38 bits per heavy atom. The minimum atomic E-state index is -0.969. The Labute approximate surface area is 105 Å². The van der Waals surface area contributed by atoms with Gasteiger partial charge in [-0.05, 0) is 23.7 Å². The van der Waals surface area contributed by atoms with E-state index in [0.29, 0.717) is 10.9 Å². The molecule has 5 heteroatoms. The summed E-state index contributed by atoms with van der Waals surface area (Å²) in [4.78, 5) is 22.5. The molecule has 16 heavy (non-hydrogen) atoms. The largest absolute Gasteiger partial charge is 0.350 e. The van der Waals surface area contributed by atoms with Crippen LogP contribution in [0.1, 0.15) is 10.4 Å². The number of carbonyl (C=O) groups is 2. The topological polar surface area (TPSA) is 39.1 Å². The number of carbonyl (C=O) groups excluding carboxylic acids is 2. The smallest absolute Gasteiger partial charge is 0.293 e. The Kier molecular flexibility index (Phi) is 2.86. The number of benzene rings is 1. The van der Waals surface area contributed by atoms with Gasteiger partial charge in [-0.1, -0.05) is 22.0 Å². The standard InChI is InChI=1S/C11H7BrClNO2/c1-14-5-6(10(15)11(13)16)9-7(12)3-2-4-8(9)14/h2-5H,1H3. The summed E-state index contributed by atoms with van der Waals surface area (Å²) in [6, 6.07) is 5.55. The molecule has 0 aliphatic heterocycles. The third-order valence-electron chi connectivity index (χ3n) is 2.39. The van der Waals surface area contributed by atoms with Crippen LogP contribution in [0.3, 0.4) is 0 Å². The minimum absolute atomic E-state index is 0.324. The second-order valence-electron chi connectivity index (χ2n) is 3.39. The molecule has 1 aromatic heterocycles. The van der Waals surface area contributed by atoms with Crippen molar-refractivity contribution in [1.29, 1.82) is 0 Å². The Bertz CT molecular complexity index is 603. The zero-order chi connectivity index (χ0) is 11.9. The molecule has 0 amide bonds. The monoisotopic (exact) mass is 299 g/mol. The number of ketones is 1. The zero-order valence-electron chi connectivity index (χ0n) is 8.33. The highest BCUT2D eigenvalue weighted by atomic mass is 79.9. The van der Waals surface area contributed by atoms with Crippen molar-refractivity contribution in [1.82, 2.24) is 4.57 Å². The molecule has 1 aromatic carbocycles. The van der Waals surface area contributed by atoms with Crippen molar-refractivity contribution in [3.8, 4) is 0 Å². The number of hydrogen-bond donors (Lipinski definition) is 0. The second-order valence-corrected chi connectivity index (χ2v) is 4.59. The SMILES string of the molecule is Cn1cc(C(=O)C(=O)Cl)c2c(Br)cccc21. The van der Waals surface area contributed by atoms with Gasteiger partial charge >= 0.3 is 0 Å². The lowest BCUT2D eigenvalue weighted by molar-refractivity contribution is -0.108. The highest BCUT2D eigenvalue weighted by Gasteiger charge is 2.20. The van der Waals surface area contributed by atoms with Crippen LogP contribution in [0.5, 0.6) is 0 Å². The third-order valence-corrected chi connectivity index (χ3v) is 3.22. The van der Waals surface area contributed by atoms with E-state index in [4.69, 9.17) is 11.6 Å². The van der Waals surface area contributed by atoms with Crippen LogP contribution in [0.25, 0.3) is 10.9 Å². The number of nitrogens with zero attached hydrogens (tertiary/aromatic N) is 1. The molecule has 82 valence electrons. The van der Waals surface area contributed by atoms with Crippen molar-refractivity contribution in [3.05, 3.63) is 34.4 Å². The van der Waals surface area contributed by atoms with Crippen LogP contribution in [0.15, 0.2) is 28.9 Å². The van der Waals surface area contributed by atoms with Crippen LogP contribution >= 0.6 is 27.5 Å². The van der Waals surface area contributed by atoms with Crippen molar-refractivity contribution in [2.24, 2.45) is 7.05 Å². The molecule has 0 fully saturated rings. The average molecular weight is 301 g/mol. The molecule has 0 bridgehead atoms. The quantitative estimate of drug-likeness (QED) is 0.486. The molecule has 0 N–H and O–H groups in total. The highest BCUT2D eigenvalue weighted by Crippen LogP contribution is 2.29. The van der Waals surface area contributed by atoms with Crippen LogP contribution in [0, 0.1) is 0 Å². The van der Waals surface area contributed by atoms with Crippen molar-refractivity contribution >= 4 is 49.5 Å². The van der Waals surface area contributed by atoms with Crippen LogP contribution in [0.4, 0.5) is 0 Å². The first kappa shape index (κ1) is 11.4. The van der Waals surface area contributed by atoms with E-state index in [-0.39, 0.29) is 0 Å². The van der Waals surface area contributed by atoms with Crippen LogP contribution in [-0.2, 0) is 11.8 Å². The van der Waals surface area contributed by atoms with E-state index >= 15 is 0 Å². The summed E-state index contributed by atoms with van der Waals surface area (Å²) < 4.78 is 2.56. The zero-order valence-corrected chi connectivity index (χ0v) is 10.7. The van der Waals surface area contributed by atoms with Gasteiger partial charge in [-0.15, -0.1) is 0 Å². The second kappa shape index (κ2) is 4.03. The molecule has 0 aliphatic carbocycles. The lowest BCUT2D eigenvalue weighted by Crippen LogP contribution is -2.06. The van der Waals surface area contributed by atoms with E-state index in [0.717, 1.165) is 9.99 Å². The highest BCUT2D eigenvalue weighted by molar-refractivity contribution is 9.10. The number of rotatable bonds is 2. The van der Waals surface area contributed by atoms with E-state index in [1.165, 1.54) is 0 Å². The van der Waals surface area contributed by atoms with Gasteiger partial charge in [0.2, 0.25) is 5.78 Å². The van der Waals surface area contributed by atoms with Crippen LogP contribution in [0.2, 0.25) is 0 Å². The number of fused-ring (bicyclic) bond motifs is 1. The first-order chi connectivity index (χ1) is 7.52. The fourth-order valence-electron chi connectivity index (χ4n) is 1.68. The first-order valence-corrected chi connectivity index (χ1v) is 5.67. The first-order valence-electron chi connectivity index (χ1n) is 4.50. The molecule has 0 unspecified atom stereocenters. The fourth-order valence-corrected chi connectivity index (χ4v) is 2.35. The lowest BCUT2D eigenvalue weighted by atomic mass is 10.1. The molecule has 0 saturated heterocycles. The maximum Gasteiger partial charge on any atom is 0.293 e. The van der Waals surface area contributed by atoms with E-state index in [9.17, 15) is 9.59 Å². The van der Waals surface area contributed by atoms with E-state index in [2.05, 4.69) is 15.9 Å². The van der Waals surface area contributed by atoms with Gasteiger partial charge in [0.05, 0.1) is 5.56 Å². The summed E-state index contributed by atoms with van der Waals surface area (Å²) in [7, 11) is 1.81. The summed E-state index contributed by atoms with van der Waals surface area (Å²) in [5.74, 6) is -0.681.